The Morgan fingerprint density at radius 2 is 1.93 bits per heavy atom. The molecule has 6 nitrogen and oxygen atoms in total. The minimum absolute atomic E-state index is 0.0325. The van der Waals surface area contributed by atoms with Crippen molar-refractivity contribution in [3.05, 3.63) is 84.4 Å². The van der Waals surface area contributed by atoms with Crippen molar-refractivity contribution in [2.45, 2.75) is 32.0 Å². The molecule has 2 atom stereocenters. The summed E-state index contributed by atoms with van der Waals surface area (Å²) < 4.78 is 2.22. The van der Waals surface area contributed by atoms with Crippen molar-refractivity contribution in [1.82, 2.24) is 19.8 Å². The number of hydrogen-bond donors (Lipinski definition) is 2. The highest BCUT2D eigenvalue weighted by Gasteiger charge is 2.40. The standard InChI is InChI=1S/C23H25N5OS/c1-2-27-15-8-12-19(27)22-21(18-11-6-7-14-24-18)26-23(30)28(22)16-13-20(29)25-17-9-4-3-5-10-17/h3-12,14-15,21-22H,2,13,16H2,1H3,(H,25,29)(H,26,30)/t21-,22+/m0/s1. The normalized spacial score (nSPS) is 18.3. The molecule has 1 aliphatic rings. The molecular formula is C23H25N5OS. The van der Waals surface area contributed by atoms with E-state index < -0.39 is 0 Å². The molecule has 2 aromatic heterocycles. The van der Waals surface area contributed by atoms with Crippen LogP contribution in [0.1, 0.15) is 36.8 Å². The van der Waals surface area contributed by atoms with Crippen LogP contribution in [0.3, 0.4) is 0 Å². The second-order valence-electron chi connectivity index (χ2n) is 7.20. The molecule has 3 heterocycles. The Balaban J connectivity index is 1.55. The zero-order valence-electron chi connectivity index (χ0n) is 16.9. The maximum atomic E-state index is 12.5. The molecule has 0 aliphatic carbocycles. The number of anilines is 1. The van der Waals surface area contributed by atoms with Crippen LogP contribution in [0.15, 0.2) is 73.1 Å². The summed E-state index contributed by atoms with van der Waals surface area (Å²) in [5.41, 5.74) is 2.89. The van der Waals surface area contributed by atoms with Gasteiger partial charge in [-0.3, -0.25) is 9.78 Å². The first-order valence-electron chi connectivity index (χ1n) is 10.2. The summed E-state index contributed by atoms with van der Waals surface area (Å²) in [6.45, 7) is 3.51. The number of aromatic nitrogens is 2. The molecule has 1 aliphatic heterocycles. The number of benzene rings is 1. The predicted octanol–water partition coefficient (Wildman–Crippen LogP) is 3.90. The molecule has 30 heavy (non-hydrogen) atoms. The molecular weight excluding hydrogens is 394 g/mol. The molecule has 3 aromatic rings. The quantitative estimate of drug-likeness (QED) is 0.569. The van der Waals surface area contributed by atoms with Gasteiger partial charge in [0.1, 0.15) is 0 Å². The number of nitrogens with one attached hydrogen (secondary N) is 2. The topological polar surface area (TPSA) is 62.2 Å². The second-order valence-corrected chi connectivity index (χ2v) is 7.59. The molecule has 154 valence electrons. The third-order valence-corrected chi connectivity index (χ3v) is 5.70. The number of thiocarbonyl (C=S) groups is 1. The van der Waals surface area contributed by atoms with Crippen molar-refractivity contribution in [3.8, 4) is 0 Å². The lowest BCUT2D eigenvalue weighted by molar-refractivity contribution is -0.116. The molecule has 0 bridgehead atoms. The van der Waals surface area contributed by atoms with Crippen LogP contribution in [0.5, 0.6) is 0 Å². The minimum atomic E-state index is -0.0731. The molecule has 4 rings (SSSR count). The van der Waals surface area contributed by atoms with E-state index in [0.717, 1.165) is 23.6 Å². The van der Waals surface area contributed by atoms with Crippen LogP contribution in [0.2, 0.25) is 0 Å². The second kappa shape index (κ2) is 9.09. The SMILES string of the molecule is CCn1cccc1[C@@H]1[C@H](c2ccccn2)NC(=S)N1CCC(=O)Nc1ccccc1. The van der Waals surface area contributed by atoms with Crippen molar-refractivity contribution in [1.29, 1.82) is 0 Å². The van der Waals surface area contributed by atoms with E-state index in [0.29, 0.717) is 18.1 Å². The maximum absolute atomic E-state index is 12.5. The monoisotopic (exact) mass is 419 g/mol. The van der Waals surface area contributed by atoms with Crippen molar-refractivity contribution in [2.24, 2.45) is 0 Å². The Kier molecular flexibility index (Phi) is 6.09. The molecule has 1 saturated heterocycles. The first kappa shape index (κ1) is 20.1. The highest BCUT2D eigenvalue weighted by molar-refractivity contribution is 7.80. The highest BCUT2D eigenvalue weighted by Crippen LogP contribution is 2.38. The number of amides is 1. The van der Waals surface area contributed by atoms with E-state index in [2.05, 4.69) is 50.3 Å². The van der Waals surface area contributed by atoms with Gasteiger partial charge in [0.05, 0.1) is 17.8 Å². The first-order valence-corrected chi connectivity index (χ1v) is 10.6. The predicted molar refractivity (Wildman–Crippen MR) is 122 cm³/mol. The van der Waals surface area contributed by atoms with E-state index >= 15 is 0 Å². The third kappa shape index (κ3) is 4.21. The number of pyridine rings is 1. The lowest BCUT2D eigenvalue weighted by Gasteiger charge is -2.28. The zero-order valence-corrected chi connectivity index (χ0v) is 17.7. The number of carbonyl (C=O) groups is 1. The Morgan fingerprint density at radius 1 is 1.13 bits per heavy atom. The van der Waals surface area contributed by atoms with E-state index in [-0.39, 0.29) is 18.0 Å². The van der Waals surface area contributed by atoms with Crippen LogP contribution in [-0.4, -0.2) is 32.0 Å². The Hall–Kier alpha value is -3.19. The van der Waals surface area contributed by atoms with Crippen LogP contribution in [-0.2, 0) is 11.3 Å². The van der Waals surface area contributed by atoms with E-state index in [4.69, 9.17) is 12.2 Å². The van der Waals surface area contributed by atoms with Gasteiger partial charge in [0, 0.05) is 43.3 Å². The largest absolute Gasteiger partial charge is 0.352 e. The van der Waals surface area contributed by atoms with Gasteiger partial charge in [0.2, 0.25) is 5.91 Å². The van der Waals surface area contributed by atoms with Gasteiger partial charge in [-0.2, -0.15) is 0 Å². The molecule has 0 saturated carbocycles. The van der Waals surface area contributed by atoms with E-state index in [1.54, 1.807) is 6.20 Å². The van der Waals surface area contributed by atoms with Gasteiger partial charge in [0.25, 0.3) is 0 Å². The Morgan fingerprint density at radius 3 is 2.67 bits per heavy atom. The molecule has 0 radical (unpaired) electrons. The van der Waals surface area contributed by atoms with E-state index in [1.807, 2.05) is 48.5 Å². The zero-order chi connectivity index (χ0) is 20.9. The summed E-state index contributed by atoms with van der Waals surface area (Å²) in [6.07, 6.45) is 4.22. The lowest BCUT2D eigenvalue weighted by atomic mass is 10.0. The third-order valence-electron chi connectivity index (χ3n) is 5.34. The van der Waals surface area contributed by atoms with E-state index in [1.165, 1.54) is 0 Å². The summed E-state index contributed by atoms with van der Waals surface area (Å²) in [6, 6.07) is 19.5. The number of nitrogens with zero attached hydrogens (tertiary/aromatic N) is 3. The van der Waals surface area contributed by atoms with Gasteiger partial charge in [0.15, 0.2) is 5.11 Å². The van der Waals surface area contributed by atoms with Crippen LogP contribution in [0, 0.1) is 0 Å². The fourth-order valence-corrected chi connectivity index (χ4v) is 4.25. The Bertz CT molecular complexity index is 1000. The fourth-order valence-electron chi connectivity index (χ4n) is 3.92. The molecule has 1 fully saturated rings. The highest BCUT2D eigenvalue weighted by atomic mass is 32.1. The lowest BCUT2D eigenvalue weighted by Crippen LogP contribution is -2.33. The summed E-state index contributed by atoms with van der Waals surface area (Å²) in [5.74, 6) is -0.0325. The summed E-state index contributed by atoms with van der Waals surface area (Å²) in [7, 11) is 0. The fraction of sp³-hybridized carbons (Fsp3) is 0.261. The summed E-state index contributed by atoms with van der Waals surface area (Å²) in [5, 5.41) is 7.03. The van der Waals surface area contributed by atoms with Crippen LogP contribution in [0.25, 0.3) is 0 Å². The number of para-hydroxylation sites is 1. The first-order chi connectivity index (χ1) is 14.7. The van der Waals surface area contributed by atoms with Crippen LogP contribution in [0.4, 0.5) is 5.69 Å². The van der Waals surface area contributed by atoms with Gasteiger partial charge in [-0.05, 0) is 55.5 Å². The molecule has 0 spiro atoms. The minimum Gasteiger partial charge on any atom is -0.352 e. The molecule has 2 N–H and O–H groups in total. The Labute approximate surface area is 181 Å². The van der Waals surface area contributed by atoms with Gasteiger partial charge in [-0.25, -0.2) is 0 Å². The van der Waals surface area contributed by atoms with E-state index in [9.17, 15) is 4.79 Å². The van der Waals surface area contributed by atoms with Crippen LogP contribution < -0.4 is 10.6 Å². The summed E-state index contributed by atoms with van der Waals surface area (Å²) >= 11 is 5.68. The van der Waals surface area contributed by atoms with Gasteiger partial charge < -0.3 is 20.1 Å². The number of hydrogen-bond acceptors (Lipinski definition) is 3. The average Bonchev–Trinajstić information content (AvgIpc) is 3.37. The molecule has 0 unspecified atom stereocenters. The average molecular weight is 420 g/mol. The van der Waals surface area contributed by atoms with Gasteiger partial charge >= 0.3 is 0 Å². The molecule has 7 heteroatoms. The van der Waals surface area contributed by atoms with Crippen molar-refractivity contribution >= 4 is 28.9 Å². The van der Waals surface area contributed by atoms with Crippen molar-refractivity contribution in [3.63, 3.8) is 0 Å². The smallest absolute Gasteiger partial charge is 0.226 e. The van der Waals surface area contributed by atoms with Crippen molar-refractivity contribution < 1.29 is 4.79 Å². The van der Waals surface area contributed by atoms with Crippen LogP contribution >= 0.6 is 12.2 Å². The van der Waals surface area contributed by atoms with Gasteiger partial charge in [-0.15, -0.1) is 0 Å². The van der Waals surface area contributed by atoms with Crippen molar-refractivity contribution in [2.75, 3.05) is 11.9 Å². The molecule has 1 amide bonds. The van der Waals surface area contributed by atoms with Gasteiger partial charge in [-0.1, -0.05) is 24.3 Å². The number of aryl methyl sites for hydroxylation is 1. The summed E-state index contributed by atoms with van der Waals surface area (Å²) in [4.78, 5) is 19.2. The molecule has 1 aromatic carbocycles. The maximum Gasteiger partial charge on any atom is 0.226 e. The number of carbonyl (C=O) groups excluding carboxylic acids is 1. The number of rotatable bonds is 7.